The van der Waals surface area contributed by atoms with E-state index in [9.17, 15) is 13.5 Å². The number of rotatable bonds is 4. The minimum atomic E-state index is -4.04. The van der Waals surface area contributed by atoms with Crippen molar-refractivity contribution in [3.05, 3.63) is 55.4 Å². The van der Waals surface area contributed by atoms with Crippen molar-refractivity contribution in [1.82, 2.24) is 4.83 Å². The predicted octanol–water partition coefficient (Wildman–Crippen LogP) is 4.43. The average Bonchev–Trinajstić information content (AvgIpc) is 2.46. The second-order valence-corrected chi connectivity index (χ2v) is 8.02. The van der Waals surface area contributed by atoms with E-state index in [0.29, 0.717) is 10.0 Å². The Kier molecular flexibility index (Phi) is 5.80. The number of benzene rings is 2. The molecule has 10 heteroatoms. The summed E-state index contributed by atoms with van der Waals surface area (Å²) in [6.07, 6.45) is 1.16. The van der Waals surface area contributed by atoms with Crippen LogP contribution in [0.2, 0.25) is 15.1 Å². The van der Waals surface area contributed by atoms with Gasteiger partial charge in [0.2, 0.25) is 0 Å². The van der Waals surface area contributed by atoms with Gasteiger partial charge < -0.3 is 5.11 Å². The summed E-state index contributed by atoms with van der Waals surface area (Å²) in [5, 5.41) is 13.3. The third-order valence-electron chi connectivity index (χ3n) is 2.63. The van der Waals surface area contributed by atoms with E-state index < -0.39 is 10.0 Å². The average molecular weight is 459 g/mol. The zero-order chi connectivity index (χ0) is 17.2. The van der Waals surface area contributed by atoms with E-state index in [-0.39, 0.29) is 25.7 Å². The molecule has 2 rings (SSSR count). The van der Waals surface area contributed by atoms with Gasteiger partial charge in [0, 0.05) is 10.0 Å². The molecule has 0 fully saturated rings. The molecule has 122 valence electrons. The number of phenolic OH excluding ortho intramolecular Hbond substituents is 1. The van der Waals surface area contributed by atoms with E-state index in [2.05, 4.69) is 21.0 Å². The van der Waals surface area contributed by atoms with Gasteiger partial charge in [-0.25, -0.2) is 4.83 Å². The molecule has 0 atom stereocenters. The van der Waals surface area contributed by atoms with Gasteiger partial charge in [-0.2, -0.15) is 13.5 Å². The molecule has 23 heavy (non-hydrogen) atoms. The summed E-state index contributed by atoms with van der Waals surface area (Å²) in [5.74, 6) is -0.0521. The van der Waals surface area contributed by atoms with Crippen molar-refractivity contribution in [2.24, 2.45) is 5.10 Å². The molecule has 0 aliphatic heterocycles. The van der Waals surface area contributed by atoms with Crippen LogP contribution >= 0.6 is 50.7 Å². The fraction of sp³-hybridized carbons (Fsp3) is 0. The lowest BCUT2D eigenvalue weighted by Crippen LogP contribution is -2.18. The van der Waals surface area contributed by atoms with Gasteiger partial charge in [-0.15, -0.1) is 0 Å². The largest absolute Gasteiger partial charge is 0.507 e. The van der Waals surface area contributed by atoms with Gasteiger partial charge >= 0.3 is 0 Å². The molecule has 0 aliphatic carbocycles. The highest BCUT2D eigenvalue weighted by Crippen LogP contribution is 2.31. The summed E-state index contributed by atoms with van der Waals surface area (Å²) < 4.78 is 25.1. The highest BCUT2D eigenvalue weighted by molar-refractivity contribution is 9.10. The molecule has 0 heterocycles. The molecule has 0 aliphatic rings. The van der Waals surface area contributed by atoms with Crippen molar-refractivity contribution >= 4 is 67.0 Å². The highest BCUT2D eigenvalue weighted by Gasteiger charge is 2.19. The van der Waals surface area contributed by atoms with Crippen LogP contribution in [0, 0.1) is 0 Å². The molecule has 5 nitrogen and oxygen atoms in total. The number of aromatic hydroxyl groups is 1. The lowest BCUT2D eigenvalue weighted by atomic mass is 10.2. The van der Waals surface area contributed by atoms with Crippen LogP contribution in [0.3, 0.4) is 0 Å². The van der Waals surface area contributed by atoms with Crippen LogP contribution < -0.4 is 4.83 Å². The summed E-state index contributed by atoms with van der Waals surface area (Å²) in [6, 6.07) is 6.99. The van der Waals surface area contributed by atoms with Crippen molar-refractivity contribution in [2.45, 2.75) is 4.90 Å². The van der Waals surface area contributed by atoms with E-state index >= 15 is 0 Å². The van der Waals surface area contributed by atoms with Crippen LogP contribution in [0.1, 0.15) is 5.56 Å². The maximum Gasteiger partial charge on any atom is 0.278 e. The lowest BCUT2D eigenvalue weighted by molar-refractivity contribution is 0.474. The Morgan fingerprint density at radius 3 is 2.43 bits per heavy atom. The molecule has 0 unspecified atom stereocenters. The smallest absolute Gasteiger partial charge is 0.278 e. The topological polar surface area (TPSA) is 78.8 Å². The van der Waals surface area contributed by atoms with E-state index in [1.165, 1.54) is 12.1 Å². The Bertz CT molecular complexity index is 888. The number of hydrogen-bond acceptors (Lipinski definition) is 4. The van der Waals surface area contributed by atoms with Crippen molar-refractivity contribution in [3.63, 3.8) is 0 Å². The third-order valence-corrected chi connectivity index (χ3v) is 5.53. The molecule has 0 radical (unpaired) electrons. The monoisotopic (exact) mass is 456 g/mol. The predicted molar refractivity (Wildman–Crippen MR) is 95.2 cm³/mol. The van der Waals surface area contributed by atoms with Crippen molar-refractivity contribution in [3.8, 4) is 5.75 Å². The number of halogens is 4. The summed E-state index contributed by atoms with van der Waals surface area (Å²) in [5.41, 5.74) is 0.322. The number of sulfonamides is 1. The number of nitrogens with one attached hydrogen (secondary N) is 1. The standard InChI is InChI=1S/C13H8BrCl3N2O3S/c14-8-1-2-12(20)7(3-8)6-18-19-23(21,22)13-5-10(16)9(15)4-11(13)17/h1-6,19-20H. The SMILES string of the molecule is O=S(=O)(NN=Cc1cc(Br)ccc1O)c1cc(Cl)c(Cl)cc1Cl. The van der Waals surface area contributed by atoms with Gasteiger partial charge in [0.15, 0.2) is 0 Å². The Morgan fingerprint density at radius 2 is 1.74 bits per heavy atom. The van der Waals surface area contributed by atoms with Crippen LogP contribution in [0.5, 0.6) is 5.75 Å². The summed E-state index contributed by atoms with van der Waals surface area (Å²) in [7, 11) is -4.04. The van der Waals surface area contributed by atoms with E-state index in [4.69, 9.17) is 34.8 Å². The maximum absolute atomic E-state index is 12.2. The van der Waals surface area contributed by atoms with Crippen molar-refractivity contribution in [1.29, 1.82) is 0 Å². The fourth-order valence-corrected chi connectivity index (χ4v) is 3.73. The normalized spacial score (nSPS) is 11.8. The Labute approximate surface area is 156 Å². The molecule has 0 saturated carbocycles. The molecule has 2 aromatic rings. The molecule has 0 amide bonds. The minimum absolute atomic E-state index is 0.0463. The van der Waals surface area contributed by atoms with Crippen LogP contribution in [-0.4, -0.2) is 19.7 Å². The fourth-order valence-electron chi connectivity index (χ4n) is 1.55. The Balaban J connectivity index is 2.27. The number of phenols is 1. The van der Waals surface area contributed by atoms with Gasteiger partial charge in [-0.05, 0) is 30.3 Å². The van der Waals surface area contributed by atoms with Crippen LogP contribution in [-0.2, 0) is 10.0 Å². The first-order valence-electron chi connectivity index (χ1n) is 5.88. The summed E-state index contributed by atoms with van der Waals surface area (Å²) >= 11 is 20.7. The molecular weight excluding hydrogens is 450 g/mol. The first-order valence-corrected chi connectivity index (χ1v) is 9.29. The Morgan fingerprint density at radius 1 is 1.09 bits per heavy atom. The summed E-state index contributed by atoms with van der Waals surface area (Å²) in [6.45, 7) is 0. The van der Waals surface area contributed by atoms with Crippen molar-refractivity contribution < 1.29 is 13.5 Å². The zero-order valence-electron chi connectivity index (χ0n) is 11.1. The Hall–Kier alpha value is -0.990. The summed E-state index contributed by atoms with van der Waals surface area (Å²) in [4.78, 5) is 1.73. The highest BCUT2D eigenvalue weighted by atomic mass is 79.9. The number of hydrogen-bond donors (Lipinski definition) is 2. The van der Waals surface area contributed by atoms with Crippen LogP contribution in [0.4, 0.5) is 0 Å². The quantitative estimate of drug-likeness (QED) is 0.404. The van der Waals surface area contributed by atoms with Gasteiger partial charge in [0.05, 0.1) is 21.3 Å². The molecular formula is C13H8BrCl3N2O3S. The molecule has 2 aromatic carbocycles. The lowest BCUT2D eigenvalue weighted by Gasteiger charge is -2.07. The van der Waals surface area contributed by atoms with Crippen LogP contribution in [0.25, 0.3) is 0 Å². The van der Waals surface area contributed by atoms with E-state index in [1.54, 1.807) is 12.1 Å². The third kappa shape index (κ3) is 4.51. The van der Waals surface area contributed by atoms with Gasteiger partial charge in [-0.3, -0.25) is 0 Å². The van der Waals surface area contributed by atoms with Gasteiger partial charge in [-0.1, -0.05) is 50.7 Å². The number of hydrazone groups is 1. The molecule has 0 aromatic heterocycles. The maximum atomic E-state index is 12.2. The van der Waals surface area contributed by atoms with E-state index in [1.807, 2.05) is 4.83 Å². The zero-order valence-corrected chi connectivity index (χ0v) is 15.8. The van der Waals surface area contributed by atoms with E-state index in [0.717, 1.165) is 12.3 Å². The molecule has 2 N–H and O–H groups in total. The molecule has 0 bridgehead atoms. The second-order valence-electron chi connectivity index (χ2n) is 4.25. The van der Waals surface area contributed by atoms with Crippen molar-refractivity contribution in [2.75, 3.05) is 0 Å². The van der Waals surface area contributed by atoms with Gasteiger partial charge in [0.25, 0.3) is 10.0 Å². The first-order chi connectivity index (χ1) is 10.7. The van der Waals surface area contributed by atoms with Crippen LogP contribution in [0.15, 0.2) is 44.8 Å². The second kappa shape index (κ2) is 7.27. The van der Waals surface area contributed by atoms with Gasteiger partial charge in [0.1, 0.15) is 10.6 Å². The first kappa shape index (κ1) is 18.4. The minimum Gasteiger partial charge on any atom is -0.507 e. The molecule has 0 saturated heterocycles. The molecule has 0 spiro atoms. The number of nitrogens with zero attached hydrogens (tertiary/aromatic N) is 1.